The molecule has 6 heteroatoms. The molecular weight excluding hydrogens is 229 g/mol. The minimum atomic E-state index is -1.02. The number of hydrogen-bond acceptors (Lipinski definition) is 3. The van der Waals surface area contributed by atoms with Crippen LogP contribution >= 0.6 is 0 Å². The molecule has 5 nitrogen and oxygen atoms in total. The van der Waals surface area contributed by atoms with Crippen LogP contribution in [0.5, 0.6) is 0 Å². The Morgan fingerprint density at radius 1 is 1.53 bits per heavy atom. The SMILES string of the molecule is O=C(O)C1(Cc2c(F)cccc2[N+](=O)[O-])CC1. The number of carbonyl (C=O) groups is 1. The second kappa shape index (κ2) is 3.80. The van der Waals surface area contributed by atoms with E-state index in [0.717, 1.165) is 6.07 Å². The zero-order chi connectivity index (χ0) is 12.6. The van der Waals surface area contributed by atoms with E-state index < -0.39 is 22.1 Å². The van der Waals surface area contributed by atoms with E-state index in [1.165, 1.54) is 12.1 Å². The van der Waals surface area contributed by atoms with E-state index in [9.17, 15) is 19.3 Å². The Kier molecular flexibility index (Phi) is 2.57. The molecule has 1 aliphatic rings. The predicted octanol–water partition coefficient (Wildman–Crippen LogP) is 2.14. The minimum Gasteiger partial charge on any atom is -0.481 e. The molecule has 1 aromatic rings. The van der Waals surface area contributed by atoms with Gasteiger partial charge in [-0.15, -0.1) is 0 Å². The second-order valence-electron chi connectivity index (χ2n) is 4.26. The van der Waals surface area contributed by atoms with E-state index in [1.54, 1.807) is 0 Å². The molecule has 1 aromatic carbocycles. The number of rotatable bonds is 4. The molecule has 1 N–H and O–H groups in total. The van der Waals surface area contributed by atoms with Crippen LogP contribution in [-0.2, 0) is 11.2 Å². The van der Waals surface area contributed by atoms with Gasteiger partial charge in [0.15, 0.2) is 0 Å². The van der Waals surface area contributed by atoms with Gasteiger partial charge in [-0.3, -0.25) is 14.9 Å². The highest BCUT2D eigenvalue weighted by atomic mass is 19.1. The van der Waals surface area contributed by atoms with E-state index in [-0.39, 0.29) is 17.7 Å². The van der Waals surface area contributed by atoms with Gasteiger partial charge in [-0.1, -0.05) is 6.07 Å². The van der Waals surface area contributed by atoms with Gasteiger partial charge in [0.2, 0.25) is 0 Å². The van der Waals surface area contributed by atoms with Crippen molar-refractivity contribution in [2.45, 2.75) is 19.3 Å². The largest absolute Gasteiger partial charge is 0.481 e. The summed E-state index contributed by atoms with van der Waals surface area (Å²) in [6.45, 7) is 0. The third-order valence-electron chi connectivity index (χ3n) is 3.11. The second-order valence-corrected chi connectivity index (χ2v) is 4.26. The summed E-state index contributed by atoms with van der Waals surface area (Å²) in [6.07, 6.45) is 0.757. The molecule has 1 fully saturated rings. The Balaban J connectivity index is 2.38. The van der Waals surface area contributed by atoms with Gasteiger partial charge < -0.3 is 5.11 Å². The topological polar surface area (TPSA) is 80.4 Å². The molecular formula is C11H10FNO4. The van der Waals surface area contributed by atoms with Crippen molar-refractivity contribution < 1.29 is 19.2 Å². The molecule has 0 atom stereocenters. The van der Waals surface area contributed by atoms with E-state index in [1.807, 2.05) is 0 Å². The standard InChI is InChI=1S/C11H10FNO4/c12-8-2-1-3-9(13(16)17)7(8)6-11(4-5-11)10(14)15/h1-3H,4-6H2,(H,14,15). The molecule has 1 saturated carbocycles. The molecule has 1 aliphatic carbocycles. The van der Waals surface area contributed by atoms with Crippen molar-refractivity contribution in [2.24, 2.45) is 5.41 Å². The van der Waals surface area contributed by atoms with Crippen molar-refractivity contribution in [1.82, 2.24) is 0 Å². The van der Waals surface area contributed by atoms with Crippen LogP contribution in [0.1, 0.15) is 18.4 Å². The molecule has 0 heterocycles. The monoisotopic (exact) mass is 239 g/mol. The van der Waals surface area contributed by atoms with Crippen molar-refractivity contribution in [3.05, 3.63) is 39.7 Å². The number of nitrogens with zero attached hydrogens (tertiary/aromatic N) is 1. The fourth-order valence-electron chi connectivity index (χ4n) is 1.85. The van der Waals surface area contributed by atoms with Gasteiger partial charge in [-0.05, 0) is 25.3 Å². The van der Waals surface area contributed by atoms with Crippen molar-refractivity contribution in [3.63, 3.8) is 0 Å². The van der Waals surface area contributed by atoms with Gasteiger partial charge in [0.1, 0.15) is 5.82 Å². The normalized spacial score (nSPS) is 16.5. The summed E-state index contributed by atoms with van der Waals surface area (Å²) in [5.74, 6) is -1.73. The van der Waals surface area contributed by atoms with Gasteiger partial charge >= 0.3 is 5.97 Å². The summed E-state index contributed by atoms with van der Waals surface area (Å²) in [6, 6.07) is 3.55. The van der Waals surface area contributed by atoms with Gasteiger partial charge in [-0.2, -0.15) is 0 Å². The first-order chi connectivity index (χ1) is 7.96. The van der Waals surface area contributed by atoms with Crippen LogP contribution in [-0.4, -0.2) is 16.0 Å². The maximum absolute atomic E-state index is 13.5. The lowest BCUT2D eigenvalue weighted by molar-refractivity contribution is -0.385. The quantitative estimate of drug-likeness (QED) is 0.644. The maximum Gasteiger partial charge on any atom is 0.309 e. The Bertz CT molecular complexity index is 496. The molecule has 0 unspecified atom stereocenters. The van der Waals surface area contributed by atoms with Gasteiger partial charge in [0.05, 0.1) is 15.9 Å². The van der Waals surface area contributed by atoms with Crippen molar-refractivity contribution in [1.29, 1.82) is 0 Å². The minimum absolute atomic E-state index is 0.114. The third kappa shape index (κ3) is 1.98. The summed E-state index contributed by atoms with van der Waals surface area (Å²) in [4.78, 5) is 21.0. The zero-order valence-corrected chi connectivity index (χ0v) is 8.85. The van der Waals surface area contributed by atoms with Gasteiger partial charge in [0.25, 0.3) is 5.69 Å². The number of nitro benzene ring substituents is 1. The van der Waals surface area contributed by atoms with Crippen LogP contribution in [0.15, 0.2) is 18.2 Å². The molecule has 0 radical (unpaired) electrons. The van der Waals surface area contributed by atoms with Crippen LogP contribution in [0.4, 0.5) is 10.1 Å². The van der Waals surface area contributed by atoms with Crippen molar-refractivity contribution in [3.8, 4) is 0 Å². The van der Waals surface area contributed by atoms with Crippen LogP contribution in [0.3, 0.4) is 0 Å². The van der Waals surface area contributed by atoms with Gasteiger partial charge in [-0.25, -0.2) is 4.39 Å². The lowest BCUT2D eigenvalue weighted by atomic mass is 9.95. The number of aliphatic carboxylic acids is 1. The zero-order valence-electron chi connectivity index (χ0n) is 8.85. The van der Waals surface area contributed by atoms with Crippen LogP contribution in [0, 0.1) is 21.3 Å². The number of halogens is 1. The number of nitro groups is 1. The van der Waals surface area contributed by atoms with E-state index in [0.29, 0.717) is 12.8 Å². The van der Waals surface area contributed by atoms with Crippen molar-refractivity contribution >= 4 is 11.7 Å². The highest BCUT2D eigenvalue weighted by Crippen LogP contribution is 2.49. The van der Waals surface area contributed by atoms with Crippen LogP contribution < -0.4 is 0 Å². The average molecular weight is 239 g/mol. The predicted molar refractivity (Wildman–Crippen MR) is 56.1 cm³/mol. The first-order valence-electron chi connectivity index (χ1n) is 5.11. The molecule has 0 spiro atoms. The first kappa shape index (κ1) is 11.5. The molecule has 2 rings (SSSR count). The number of benzene rings is 1. The van der Waals surface area contributed by atoms with E-state index >= 15 is 0 Å². The molecule has 0 aromatic heterocycles. The summed E-state index contributed by atoms with van der Waals surface area (Å²) in [5.41, 5.74) is -1.47. The molecule has 0 aliphatic heterocycles. The Morgan fingerprint density at radius 3 is 2.65 bits per heavy atom. The maximum atomic E-state index is 13.5. The third-order valence-corrected chi connectivity index (χ3v) is 3.11. The van der Waals surface area contributed by atoms with Crippen LogP contribution in [0.2, 0.25) is 0 Å². The van der Waals surface area contributed by atoms with E-state index in [4.69, 9.17) is 5.11 Å². The van der Waals surface area contributed by atoms with E-state index in [2.05, 4.69) is 0 Å². The summed E-state index contributed by atoms with van der Waals surface area (Å²) in [5, 5.41) is 19.7. The van der Waals surface area contributed by atoms with Crippen LogP contribution in [0.25, 0.3) is 0 Å². The molecule has 0 saturated heterocycles. The molecule has 17 heavy (non-hydrogen) atoms. The van der Waals surface area contributed by atoms with Gasteiger partial charge in [0, 0.05) is 6.07 Å². The summed E-state index contributed by atoms with van der Waals surface area (Å²) in [7, 11) is 0. The Hall–Kier alpha value is -1.98. The van der Waals surface area contributed by atoms with Crippen molar-refractivity contribution in [2.75, 3.05) is 0 Å². The number of carboxylic acid groups (broad SMARTS) is 1. The fourth-order valence-corrected chi connectivity index (χ4v) is 1.85. The first-order valence-corrected chi connectivity index (χ1v) is 5.11. The highest BCUT2D eigenvalue weighted by molar-refractivity contribution is 5.78. The molecule has 0 bridgehead atoms. The fraction of sp³-hybridized carbons (Fsp3) is 0.364. The Morgan fingerprint density at radius 2 is 2.18 bits per heavy atom. The highest BCUT2D eigenvalue weighted by Gasteiger charge is 2.51. The number of carboxylic acids is 1. The lowest BCUT2D eigenvalue weighted by Gasteiger charge is -2.10. The lowest BCUT2D eigenvalue weighted by Crippen LogP contribution is -2.19. The average Bonchev–Trinajstić information content (AvgIpc) is 3.01. The summed E-state index contributed by atoms with van der Waals surface area (Å²) >= 11 is 0. The summed E-state index contributed by atoms with van der Waals surface area (Å²) < 4.78 is 13.5. The molecule has 90 valence electrons. The number of hydrogen-bond donors (Lipinski definition) is 1. The smallest absolute Gasteiger partial charge is 0.309 e. The molecule has 0 amide bonds. The Labute approximate surface area is 96.0 Å².